The van der Waals surface area contributed by atoms with Crippen molar-refractivity contribution in [1.82, 2.24) is 5.32 Å². The highest BCUT2D eigenvalue weighted by atomic mass is 16.3. The minimum atomic E-state index is -0.213. The van der Waals surface area contributed by atoms with E-state index < -0.39 is 0 Å². The maximum atomic E-state index is 9.46. The molecule has 1 aliphatic rings. The van der Waals surface area contributed by atoms with Gasteiger partial charge in [0.1, 0.15) is 0 Å². The van der Waals surface area contributed by atoms with Crippen molar-refractivity contribution in [3.8, 4) is 0 Å². The van der Waals surface area contributed by atoms with Gasteiger partial charge in [-0.15, -0.1) is 0 Å². The Balaban J connectivity index is 2.13. The Kier molecular flexibility index (Phi) is 4.83. The van der Waals surface area contributed by atoms with E-state index in [0.29, 0.717) is 6.54 Å². The van der Waals surface area contributed by atoms with Gasteiger partial charge < -0.3 is 10.4 Å². The van der Waals surface area contributed by atoms with Crippen LogP contribution in [-0.4, -0.2) is 30.1 Å². The lowest BCUT2D eigenvalue weighted by molar-refractivity contribution is 0.166. The molecule has 0 aromatic carbocycles. The second-order valence-corrected chi connectivity index (χ2v) is 3.61. The molecule has 0 aliphatic carbocycles. The van der Waals surface area contributed by atoms with E-state index in [-0.39, 0.29) is 6.10 Å². The second-order valence-electron chi connectivity index (χ2n) is 3.61. The van der Waals surface area contributed by atoms with Crippen LogP contribution in [0, 0.1) is 0 Å². The fourth-order valence-corrected chi connectivity index (χ4v) is 1.51. The van der Waals surface area contributed by atoms with Gasteiger partial charge in [-0.25, -0.2) is 0 Å². The largest absolute Gasteiger partial charge is 0.391 e. The Hall–Kier alpha value is -0.570. The molecule has 3 heteroatoms. The molecule has 1 heterocycles. The summed E-state index contributed by atoms with van der Waals surface area (Å²) in [5, 5.41) is 12.7. The highest BCUT2D eigenvalue weighted by Crippen LogP contribution is 2.04. The van der Waals surface area contributed by atoms with Gasteiger partial charge in [-0.3, -0.25) is 4.99 Å². The van der Waals surface area contributed by atoms with Crippen molar-refractivity contribution in [2.75, 3.05) is 13.1 Å². The zero-order chi connectivity index (χ0) is 9.52. The maximum absolute atomic E-state index is 9.46. The molecule has 0 bridgehead atoms. The zero-order valence-electron chi connectivity index (χ0n) is 8.42. The van der Waals surface area contributed by atoms with Crippen LogP contribution in [0.5, 0.6) is 0 Å². The molecule has 1 unspecified atom stereocenters. The summed E-state index contributed by atoms with van der Waals surface area (Å²) in [5.41, 5.74) is 0. The van der Waals surface area contributed by atoms with Crippen LogP contribution in [0.3, 0.4) is 0 Å². The summed E-state index contributed by atoms with van der Waals surface area (Å²) in [6.45, 7) is 3.69. The smallest absolute Gasteiger partial charge is 0.0963 e. The molecule has 13 heavy (non-hydrogen) atoms. The number of aliphatic hydroxyl groups excluding tert-OH is 1. The monoisotopic (exact) mass is 184 g/mol. The van der Waals surface area contributed by atoms with E-state index in [1.807, 2.05) is 0 Å². The van der Waals surface area contributed by atoms with Crippen molar-refractivity contribution in [3.05, 3.63) is 0 Å². The van der Waals surface area contributed by atoms with Crippen LogP contribution in [-0.2, 0) is 0 Å². The van der Waals surface area contributed by atoms with Crippen LogP contribution in [0.2, 0.25) is 0 Å². The van der Waals surface area contributed by atoms with Gasteiger partial charge in [0.15, 0.2) is 0 Å². The van der Waals surface area contributed by atoms with Crippen LogP contribution >= 0.6 is 0 Å². The quantitative estimate of drug-likeness (QED) is 0.692. The maximum Gasteiger partial charge on any atom is 0.0963 e. The van der Waals surface area contributed by atoms with E-state index in [1.165, 1.54) is 12.8 Å². The number of nitrogens with zero attached hydrogens (tertiary/aromatic N) is 1. The topological polar surface area (TPSA) is 44.6 Å². The average Bonchev–Trinajstić information content (AvgIpc) is 2.17. The fourth-order valence-electron chi connectivity index (χ4n) is 1.51. The molecule has 0 amide bonds. The molecule has 1 atom stereocenters. The van der Waals surface area contributed by atoms with Crippen molar-refractivity contribution < 1.29 is 5.11 Å². The fraction of sp³-hybridized carbons (Fsp3) is 0.900. The van der Waals surface area contributed by atoms with Gasteiger partial charge in [-0.2, -0.15) is 0 Å². The lowest BCUT2D eigenvalue weighted by Gasteiger charge is -2.16. The van der Waals surface area contributed by atoms with Crippen molar-refractivity contribution in [3.63, 3.8) is 0 Å². The lowest BCUT2D eigenvalue weighted by Crippen LogP contribution is -2.33. The van der Waals surface area contributed by atoms with Gasteiger partial charge in [0.2, 0.25) is 0 Å². The van der Waals surface area contributed by atoms with Gasteiger partial charge in [-0.05, 0) is 19.3 Å². The first-order valence-corrected chi connectivity index (χ1v) is 5.28. The first-order chi connectivity index (χ1) is 6.33. The van der Waals surface area contributed by atoms with E-state index in [9.17, 15) is 5.11 Å². The SMILES string of the molecule is CCCC(O)CNC1=NCCCC1. The number of hydrogen-bond acceptors (Lipinski definition) is 3. The molecule has 0 aromatic heterocycles. The summed E-state index contributed by atoms with van der Waals surface area (Å²) < 4.78 is 0. The summed E-state index contributed by atoms with van der Waals surface area (Å²) in [4.78, 5) is 4.36. The van der Waals surface area contributed by atoms with Crippen LogP contribution in [0.4, 0.5) is 0 Å². The first-order valence-electron chi connectivity index (χ1n) is 5.28. The third kappa shape index (κ3) is 4.27. The molecule has 2 N–H and O–H groups in total. The van der Waals surface area contributed by atoms with Crippen molar-refractivity contribution in [2.24, 2.45) is 4.99 Å². The number of nitrogens with one attached hydrogen (secondary N) is 1. The molecule has 0 spiro atoms. The normalized spacial score (nSPS) is 19.4. The van der Waals surface area contributed by atoms with Gasteiger partial charge in [0.25, 0.3) is 0 Å². The third-order valence-electron chi connectivity index (χ3n) is 2.29. The average molecular weight is 184 g/mol. The predicted molar refractivity (Wildman–Crippen MR) is 55.1 cm³/mol. The molecule has 76 valence electrons. The van der Waals surface area contributed by atoms with Crippen LogP contribution in [0.1, 0.15) is 39.0 Å². The number of aliphatic imine (C=N–C) groups is 1. The van der Waals surface area contributed by atoms with E-state index in [4.69, 9.17) is 0 Å². The molecule has 1 rings (SSSR count). The highest BCUT2D eigenvalue weighted by Gasteiger charge is 2.06. The highest BCUT2D eigenvalue weighted by molar-refractivity contribution is 5.82. The molecular weight excluding hydrogens is 164 g/mol. The molecule has 0 saturated carbocycles. The molecule has 3 nitrogen and oxygen atoms in total. The number of aliphatic hydroxyl groups is 1. The third-order valence-corrected chi connectivity index (χ3v) is 2.29. The van der Waals surface area contributed by atoms with Crippen molar-refractivity contribution in [1.29, 1.82) is 0 Å². The molecule has 1 aliphatic heterocycles. The summed E-state index contributed by atoms with van der Waals surface area (Å²) in [6, 6.07) is 0. The zero-order valence-corrected chi connectivity index (χ0v) is 8.42. The van der Waals surface area contributed by atoms with Gasteiger partial charge in [0, 0.05) is 19.5 Å². The minimum Gasteiger partial charge on any atom is -0.391 e. The second kappa shape index (κ2) is 5.97. The summed E-state index contributed by atoms with van der Waals surface area (Å²) in [6.07, 6.45) is 5.20. The Morgan fingerprint density at radius 3 is 3.00 bits per heavy atom. The molecule has 0 aromatic rings. The molecular formula is C10H20N2O. The summed E-state index contributed by atoms with van der Waals surface area (Å²) >= 11 is 0. The van der Waals surface area contributed by atoms with Gasteiger partial charge in [-0.1, -0.05) is 13.3 Å². The van der Waals surface area contributed by atoms with Gasteiger partial charge in [0.05, 0.1) is 11.9 Å². The summed E-state index contributed by atoms with van der Waals surface area (Å²) in [7, 11) is 0. The Bertz CT molecular complexity index is 168. The lowest BCUT2D eigenvalue weighted by atomic mass is 10.1. The van der Waals surface area contributed by atoms with Crippen LogP contribution in [0.15, 0.2) is 4.99 Å². The van der Waals surface area contributed by atoms with Crippen LogP contribution in [0.25, 0.3) is 0 Å². The summed E-state index contributed by atoms with van der Waals surface area (Å²) in [5.74, 6) is 1.08. The van der Waals surface area contributed by atoms with E-state index in [0.717, 1.165) is 31.6 Å². The Morgan fingerprint density at radius 1 is 1.54 bits per heavy atom. The number of rotatable bonds is 4. The van der Waals surface area contributed by atoms with E-state index in [1.54, 1.807) is 0 Å². The van der Waals surface area contributed by atoms with Gasteiger partial charge >= 0.3 is 0 Å². The molecule has 0 saturated heterocycles. The van der Waals surface area contributed by atoms with Crippen LogP contribution < -0.4 is 5.32 Å². The standard InChI is InChI=1S/C10H20N2O/c1-2-5-9(13)8-12-10-6-3-4-7-11-10/h9,13H,2-8H2,1H3,(H,11,12). The van der Waals surface area contributed by atoms with Crippen molar-refractivity contribution in [2.45, 2.75) is 45.1 Å². The predicted octanol–water partition coefficient (Wildman–Crippen LogP) is 1.32. The Morgan fingerprint density at radius 2 is 2.38 bits per heavy atom. The minimum absolute atomic E-state index is 0.213. The Labute approximate surface area is 80.3 Å². The molecule has 0 radical (unpaired) electrons. The van der Waals surface area contributed by atoms with E-state index >= 15 is 0 Å². The number of amidine groups is 1. The van der Waals surface area contributed by atoms with E-state index in [2.05, 4.69) is 17.2 Å². The van der Waals surface area contributed by atoms with Crippen molar-refractivity contribution >= 4 is 5.84 Å². The number of hydrogen-bond donors (Lipinski definition) is 2. The first kappa shape index (κ1) is 10.5. The molecule has 0 fully saturated rings.